The van der Waals surface area contributed by atoms with E-state index in [0.717, 1.165) is 31.6 Å². The molecule has 0 aliphatic carbocycles. The number of sulfonamides is 1. The van der Waals surface area contributed by atoms with Gasteiger partial charge in [0.15, 0.2) is 0 Å². The quantitative estimate of drug-likeness (QED) is 0.874. The van der Waals surface area contributed by atoms with Gasteiger partial charge in [0, 0.05) is 24.3 Å². The number of likely N-dealkylation sites (tertiary alicyclic amines) is 1. The SMILES string of the molecule is Cc1nn(C)c(C)c1[C@H]1CCCN1CCCS(N)(=O)=O. The molecule has 1 aliphatic heterocycles. The van der Waals surface area contributed by atoms with Gasteiger partial charge in [-0.05, 0) is 46.2 Å². The van der Waals surface area contributed by atoms with Gasteiger partial charge in [-0.1, -0.05) is 0 Å². The van der Waals surface area contributed by atoms with Gasteiger partial charge in [-0.25, -0.2) is 13.6 Å². The molecule has 0 unspecified atom stereocenters. The summed E-state index contributed by atoms with van der Waals surface area (Å²) in [5, 5.41) is 9.54. The minimum Gasteiger partial charge on any atom is -0.296 e. The van der Waals surface area contributed by atoms with Crippen molar-refractivity contribution in [2.45, 2.75) is 39.2 Å². The summed E-state index contributed by atoms with van der Waals surface area (Å²) in [4.78, 5) is 2.36. The highest BCUT2D eigenvalue weighted by Crippen LogP contribution is 2.35. The van der Waals surface area contributed by atoms with Crippen molar-refractivity contribution in [3.8, 4) is 0 Å². The molecule has 2 rings (SSSR count). The van der Waals surface area contributed by atoms with Crippen LogP contribution in [0.1, 0.15) is 42.3 Å². The third-order valence-corrected chi connectivity index (χ3v) is 4.99. The number of hydrogen-bond acceptors (Lipinski definition) is 4. The van der Waals surface area contributed by atoms with Crippen LogP contribution in [0.2, 0.25) is 0 Å². The first-order chi connectivity index (χ1) is 9.29. The van der Waals surface area contributed by atoms with E-state index in [1.54, 1.807) is 0 Å². The summed E-state index contributed by atoms with van der Waals surface area (Å²) >= 11 is 0. The summed E-state index contributed by atoms with van der Waals surface area (Å²) in [5.41, 5.74) is 3.58. The number of nitrogens with zero attached hydrogens (tertiary/aromatic N) is 3. The van der Waals surface area contributed by atoms with Crippen molar-refractivity contribution in [3.63, 3.8) is 0 Å². The van der Waals surface area contributed by atoms with Crippen LogP contribution >= 0.6 is 0 Å². The molecule has 1 aromatic rings. The summed E-state index contributed by atoms with van der Waals surface area (Å²) < 4.78 is 24.0. The van der Waals surface area contributed by atoms with E-state index in [0.29, 0.717) is 12.5 Å². The number of nitrogens with two attached hydrogens (primary N) is 1. The van der Waals surface area contributed by atoms with Crippen LogP contribution in [0, 0.1) is 13.8 Å². The zero-order valence-electron chi connectivity index (χ0n) is 12.5. The van der Waals surface area contributed by atoms with E-state index >= 15 is 0 Å². The maximum atomic E-state index is 11.0. The van der Waals surface area contributed by atoms with Crippen LogP contribution in [0.25, 0.3) is 0 Å². The molecule has 0 radical (unpaired) electrons. The predicted molar refractivity (Wildman–Crippen MR) is 78.8 cm³/mol. The zero-order valence-corrected chi connectivity index (χ0v) is 13.3. The Labute approximate surface area is 121 Å². The maximum Gasteiger partial charge on any atom is 0.209 e. The highest BCUT2D eigenvalue weighted by Gasteiger charge is 2.29. The van der Waals surface area contributed by atoms with Gasteiger partial charge < -0.3 is 0 Å². The molecule has 0 saturated carbocycles. The lowest BCUT2D eigenvalue weighted by atomic mass is 10.0. The van der Waals surface area contributed by atoms with Crippen molar-refractivity contribution >= 4 is 10.0 Å². The van der Waals surface area contributed by atoms with E-state index in [-0.39, 0.29) is 5.75 Å². The fraction of sp³-hybridized carbons (Fsp3) is 0.769. The van der Waals surface area contributed by atoms with Crippen molar-refractivity contribution in [3.05, 3.63) is 17.0 Å². The van der Waals surface area contributed by atoms with Gasteiger partial charge in [-0.3, -0.25) is 9.58 Å². The van der Waals surface area contributed by atoms with Crippen molar-refractivity contribution in [1.82, 2.24) is 14.7 Å². The molecule has 1 aliphatic rings. The van der Waals surface area contributed by atoms with Crippen LogP contribution in [0.3, 0.4) is 0 Å². The molecule has 1 fully saturated rings. The van der Waals surface area contributed by atoms with Gasteiger partial charge >= 0.3 is 0 Å². The van der Waals surface area contributed by atoms with Gasteiger partial charge in [0.05, 0.1) is 11.4 Å². The third kappa shape index (κ3) is 3.39. The van der Waals surface area contributed by atoms with Crippen LogP contribution in [0.15, 0.2) is 0 Å². The Kier molecular flexibility index (Phi) is 4.51. The van der Waals surface area contributed by atoms with E-state index in [9.17, 15) is 8.42 Å². The molecule has 2 heterocycles. The summed E-state index contributed by atoms with van der Waals surface area (Å²) in [6.07, 6.45) is 2.85. The first kappa shape index (κ1) is 15.5. The second-order valence-corrected chi connectivity index (χ2v) is 7.36. The van der Waals surface area contributed by atoms with Crippen LogP contribution < -0.4 is 5.14 Å². The molecule has 0 aromatic carbocycles. The van der Waals surface area contributed by atoms with Gasteiger partial charge in [-0.2, -0.15) is 5.10 Å². The van der Waals surface area contributed by atoms with Crippen molar-refractivity contribution in [1.29, 1.82) is 0 Å². The van der Waals surface area contributed by atoms with E-state index in [2.05, 4.69) is 16.9 Å². The summed E-state index contributed by atoms with van der Waals surface area (Å²) in [7, 11) is -1.39. The molecular formula is C13H24N4O2S. The van der Waals surface area contributed by atoms with Crippen molar-refractivity contribution < 1.29 is 8.42 Å². The minimum absolute atomic E-state index is 0.0568. The Bertz CT molecular complexity index is 579. The fourth-order valence-corrected chi connectivity index (χ4v) is 3.69. The molecular weight excluding hydrogens is 276 g/mol. The zero-order chi connectivity index (χ0) is 14.9. The van der Waals surface area contributed by atoms with E-state index < -0.39 is 10.0 Å². The standard InChI is InChI=1S/C13H24N4O2S/c1-10-13(11(2)16(3)15-10)12-6-4-7-17(12)8-5-9-20(14,18)19/h12H,4-9H2,1-3H3,(H2,14,18,19)/t12-/m1/s1. The molecule has 1 saturated heterocycles. The number of primary sulfonamides is 1. The predicted octanol–water partition coefficient (Wildman–Crippen LogP) is 0.852. The lowest BCUT2D eigenvalue weighted by Gasteiger charge is -2.25. The topological polar surface area (TPSA) is 81.2 Å². The molecule has 2 N–H and O–H groups in total. The second kappa shape index (κ2) is 5.83. The molecule has 0 amide bonds. The van der Waals surface area contributed by atoms with Crippen molar-refractivity contribution in [2.24, 2.45) is 12.2 Å². The Morgan fingerprint density at radius 1 is 1.40 bits per heavy atom. The Morgan fingerprint density at radius 2 is 2.10 bits per heavy atom. The lowest BCUT2D eigenvalue weighted by molar-refractivity contribution is 0.256. The number of hydrogen-bond donors (Lipinski definition) is 1. The van der Waals surface area contributed by atoms with Crippen LogP contribution in [-0.4, -0.2) is 41.9 Å². The molecule has 20 heavy (non-hydrogen) atoms. The Hall–Kier alpha value is -0.920. The first-order valence-electron chi connectivity index (χ1n) is 7.04. The van der Waals surface area contributed by atoms with Gasteiger partial charge in [-0.15, -0.1) is 0 Å². The summed E-state index contributed by atoms with van der Waals surface area (Å²) in [5.74, 6) is 0.0568. The average Bonchev–Trinajstić information content (AvgIpc) is 2.84. The molecule has 6 nitrogen and oxygen atoms in total. The van der Waals surface area contributed by atoms with Crippen LogP contribution in [-0.2, 0) is 17.1 Å². The molecule has 0 bridgehead atoms. The van der Waals surface area contributed by atoms with E-state index in [4.69, 9.17) is 5.14 Å². The van der Waals surface area contributed by atoms with Gasteiger partial charge in [0.1, 0.15) is 0 Å². The number of aromatic nitrogens is 2. The third-order valence-electron chi connectivity index (χ3n) is 4.14. The number of rotatable bonds is 5. The van der Waals surface area contributed by atoms with Crippen molar-refractivity contribution in [2.75, 3.05) is 18.8 Å². The van der Waals surface area contributed by atoms with E-state index in [1.807, 2.05) is 18.7 Å². The molecule has 1 aromatic heterocycles. The second-order valence-electron chi connectivity index (χ2n) is 5.62. The largest absolute Gasteiger partial charge is 0.296 e. The van der Waals surface area contributed by atoms with Crippen LogP contribution in [0.4, 0.5) is 0 Å². The highest BCUT2D eigenvalue weighted by molar-refractivity contribution is 7.89. The monoisotopic (exact) mass is 300 g/mol. The van der Waals surface area contributed by atoms with E-state index in [1.165, 1.54) is 11.3 Å². The normalized spacial score (nSPS) is 20.7. The lowest BCUT2D eigenvalue weighted by Crippen LogP contribution is -2.27. The van der Waals surface area contributed by atoms with Gasteiger partial charge in [0.25, 0.3) is 0 Å². The summed E-state index contributed by atoms with van der Waals surface area (Å²) in [6.45, 7) is 5.93. The Morgan fingerprint density at radius 3 is 2.65 bits per heavy atom. The first-order valence-corrected chi connectivity index (χ1v) is 8.76. The van der Waals surface area contributed by atoms with Gasteiger partial charge in [0.2, 0.25) is 10.0 Å². The summed E-state index contributed by atoms with van der Waals surface area (Å²) in [6, 6.07) is 0.365. The molecule has 114 valence electrons. The maximum absolute atomic E-state index is 11.0. The number of aryl methyl sites for hydroxylation is 2. The fourth-order valence-electron chi connectivity index (χ4n) is 3.16. The van der Waals surface area contributed by atoms with Crippen LogP contribution in [0.5, 0.6) is 0 Å². The minimum atomic E-state index is -3.35. The molecule has 1 atom stereocenters. The Balaban J connectivity index is 2.07. The smallest absolute Gasteiger partial charge is 0.209 e. The molecule has 0 spiro atoms. The average molecular weight is 300 g/mol. The highest BCUT2D eigenvalue weighted by atomic mass is 32.2. The molecule has 7 heteroatoms.